The third kappa shape index (κ3) is 6.30. The van der Waals surface area contributed by atoms with Crippen molar-refractivity contribution >= 4 is 30.7 Å². The standard InChI is InChI=1S/C17H22F3N3O.2ClH/c18-17(19,20)10-23-6-4-13(5-7-23)22-16(24)12-3-1-2-11(8-12)14-9-15(14)21;;/h1-3,8,13-15H,4-7,9-10,21H2,(H,22,24);2*1H/t14-,15+;;/m0../s1. The predicted molar refractivity (Wildman–Crippen MR) is 99.3 cm³/mol. The van der Waals surface area contributed by atoms with Gasteiger partial charge in [0.1, 0.15) is 0 Å². The first-order valence-electron chi connectivity index (χ1n) is 8.27. The molecule has 148 valence electrons. The average molecular weight is 414 g/mol. The van der Waals surface area contributed by atoms with Gasteiger partial charge in [0.05, 0.1) is 6.54 Å². The third-order valence-electron chi connectivity index (χ3n) is 4.74. The van der Waals surface area contributed by atoms with Gasteiger partial charge in [0.25, 0.3) is 5.91 Å². The number of alkyl halides is 3. The van der Waals surface area contributed by atoms with Crippen LogP contribution in [0.4, 0.5) is 13.2 Å². The van der Waals surface area contributed by atoms with E-state index >= 15 is 0 Å². The molecule has 0 radical (unpaired) electrons. The van der Waals surface area contributed by atoms with Crippen LogP contribution in [-0.4, -0.2) is 48.7 Å². The number of nitrogens with zero attached hydrogens (tertiary/aromatic N) is 1. The maximum absolute atomic E-state index is 12.4. The van der Waals surface area contributed by atoms with Crippen molar-refractivity contribution in [2.45, 2.75) is 43.4 Å². The number of piperidine rings is 1. The molecule has 4 nitrogen and oxygen atoms in total. The Bertz CT molecular complexity index is 607. The number of hydrogen-bond donors (Lipinski definition) is 2. The Kier molecular flexibility index (Phi) is 8.20. The van der Waals surface area contributed by atoms with Crippen molar-refractivity contribution in [3.63, 3.8) is 0 Å². The van der Waals surface area contributed by atoms with Crippen LogP contribution in [0.2, 0.25) is 0 Å². The van der Waals surface area contributed by atoms with E-state index in [0.717, 1.165) is 12.0 Å². The lowest BCUT2D eigenvalue weighted by molar-refractivity contribution is -0.148. The SMILES string of the molecule is Cl.Cl.N[C@@H]1C[C@H]1c1cccc(C(=O)NC2CCN(CC(F)(F)F)CC2)c1. The fourth-order valence-electron chi connectivity index (χ4n) is 3.27. The van der Waals surface area contributed by atoms with Gasteiger partial charge in [-0.05, 0) is 37.0 Å². The van der Waals surface area contributed by atoms with Crippen LogP contribution in [0.15, 0.2) is 24.3 Å². The Morgan fingerprint density at radius 1 is 1.23 bits per heavy atom. The summed E-state index contributed by atoms with van der Waals surface area (Å²) in [7, 11) is 0. The summed E-state index contributed by atoms with van der Waals surface area (Å²) < 4.78 is 37.2. The maximum Gasteiger partial charge on any atom is 0.401 e. The summed E-state index contributed by atoms with van der Waals surface area (Å²) in [6.07, 6.45) is -2.15. The van der Waals surface area contributed by atoms with E-state index in [1.54, 1.807) is 6.07 Å². The molecule has 2 fully saturated rings. The first-order valence-corrected chi connectivity index (χ1v) is 8.27. The number of rotatable bonds is 4. The van der Waals surface area contributed by atoms with Gasteiger partial charge in [-0.3, -0.25) is 9.69 Å². The van der Waals surface area contributed by atoms with Crippen molar-refractivity contribution in [2.24, 2.45) is 5.73 Å². The Morgan fingerprint density at radius 2 is 1.85 bits per heavy atom. The van der Waals surface area contributed by atoms with Crippen LogP contribution in [-0.2, 0) is 0 Å². The van der Waals surface area contributed by atoms with E-state index < -0.39 is 12.7 Å². The van der Waals surface area contributed by atoms with Gasteiger partial charge < -0.3 is 11.1 Å². The summed E-state index contributed by atoms with van der Waals surface area (Å²) in [5.41, 5.74) is 7.51. The number of likely N-dealkylation sites (tertiary alicyclic amines) is 1. The molecule has 1 amide bonds. The van der Waals surface area contributed by atoms with E-state index in [9.17, 15) is 18.0 Å². The highest BCUT2D eigenvalue weighted by Crippen LogP contribution is 2.39. The highest BCUT2D eigenvalue weighted by atomic mass is 35.5. The van der Waals surface area contributed by atoms with Crippen LogP contribution in [0.25, 0.3) is 0 Å². The zero-order valence-electron chi connectivity index (χ0n) is 14.2. The highest BCUT2D eigenvalue weighted by Gasteiger charge is 2.35. The lowest BCUT2D eigenvalue weighted by Crippen LogP contribution is -2.47. The fraction of sp³-hybridized carbons (Fsp3) is 0.588. The second-order valence-electron chi connectivity index (χ2n) is 6.77. The number of carbonyl (C=O) groups is 1. The zero-order chi connectivity index (χ0) is 17.3. The number of nitrogens with one attached hydrogen (secondary N) is 1. The minimum absolute atomic E-state index is 0. The second kappa shape index (κ2) is 9.26. The van der Waals surface area contributed by atoms with Crippen molar-refractivity contribution in [3.05, 3.63) is 35.4 Å². The van der Waals surface area contributed by atoms with E-state index in [-0.39, 0.29) is 42.8 Å². The zero-order valence-corrected chi connectivity index (χ0v) is 15.8. The fourth-order valence-corrected chi connectivity index (χ4v) is 3.27. The van der Waals surface area contributed by atoms with Crippen molar-refractivity contribution in [1.29, 1.82) is 0 Å². The number of benzene rings is 1. The Labute approximate surface area is 163 Å². The highest BCUT2D eigenvalue weighted by molar-refractivity contribution is 5.94. The van der Waals surface area contributed by atoms with E-state index in [0.29, 0.717) is 37.4 Å². The molecule has 1 aliphatic carbocycles. The quantitative estimate of drug-likeness (QED) is 0.796. The monoisotopic (exact) mass is 413 g/mol. The lowest BCUT2D eigenvalue weighted by atomic mass is 10.0. The minimum Gasteiger partial charge on any atom is -0.349 e. The minimum atomic E-state index is -4.17. The van der Waals surface area contributed by atoms with Gasteiger partial charge in [-0.25, -0.2) is 0 Å². The predicted octanol–water partition coefficient (Wildman–Crippen LogP) is 3.10. The van der Waals surface area contributed by atoms with Gasteiger partial charge in [-0.2, -0.15) is 13.2 Å². The third-order valence-corrected chi connectivity index (χ3v) is 4.74. The van der Waals surface area contributed by atoms with Gasteiger partial charge in [0.2, 0.25) is 0 Å². The topological polar surface area (TPSA) is 58.4 Å². The van der Waals surface area contributed by atoms with Crippen molar-refractivity contribution in [1.82, 2.24) is 10.2 Å². The number of carbonyl (C=O) groups excluding carboxylic acids is 1. The number of halogens is 5. The molecular weight excluding hydrogens is 390 g/mol. The van der Waals surface area contributed by atoms with Crippen LogP contribution in [0.3, 0.4) is 0 Å². The normalized spacial score (nSPS) is 23.5. The molecule has 0 aromatic heterocycles. The summed E-state index contributed by atoms with van der Waals surface area (Å²) in [6.45, 7) is -0.180. The summed E-state index contributed by atoms with van der Waals surface area (Å²) in [5.74, 6) is 0.170. The average Bonchev–Trinajstić information content (AvgIpc) is 3.25. The first kappa shape index (κ1) is 23.0. The smallest absolute Gasteiger partial charge is 0.349 e. The maximum atomic E-state index is 12.4. The molecule has 1 aromatic rings. The van der Waals surface area contributed by atoms with Crippen molar-refractivity contribution < 1.29 is 18.0 Å². The molecule has 1 aromatic carbocycles. The van der Waals surface area contributed by atoms with Crippen LogP contribution in [0.5, 0.6) is 0 Å². The molecule has 26 heavy (non-hydrogen) atoms. The van der Waals surface area contributed by atoms with Gasteiger partial charge in [-0.15, -0.1) is 24.8 Å². The molecule has 0 unspecified atom stereocenters. The van der Waals surface area contributed by atoms with Crippen LogP contribution in [0, 0.1) is 0 Å². The molecule has 9 heteroatoms. The summed E-state index contributed by atoms with van der Waals surface area (Å²) in [4.78, 5) is 13.8. The molecule has 3 rings (SSSR count). The molecular formula is C17H24Cl2F3N3O. The van der Waals surface area contributed by atoms with Gasteiger partial charge in [0, 0.05) is 36.7 Å². The molecule has 2 atom stereocenters. The molecule has 1 aliphatic heterocycles. The van der Waals surface area contributed by atoms with Crippen molar-refractivity contribution in [3.8, 4) is 0 Å². The van der Waals surface area contributed by atoms with Gasteiger partial charge in [0.15, 0.2) is 0 Å². The van der Waals surface area contributed by atoms with Crippen LogP contribution in [0.1, 0.15) is 41.1 Å². The van der Waals surface area contributed by atoms with E-state index in [2.05, 4.69) is 5.32 Å². The van der Waals surface area contributed by atoms with Crippen LogP contribution < -0.4 is 11.1 Å². The molecule has 1 saturated carbocycles. The first-order chi connectivity index (χ1) is 11.3. The van der Waals surface area contributed by atoms with Gasteiger partial charge in [-0.1, -0.05) is 12.1 Å². The Morgan fingerprint density at radius 3 is 2.38 bits per heavy atom. The van der Waals surface area contributed by atoms with Crippen molar-refractivity contribution in [2.75, 3.05) is 19.6 Å². The summed E-state index contributed by atoms with van der Waals surface area (Å²) in [5, 5.41) is 2.94. The largest absolute Gasteiger partial charge is 0.401 e. The number of nitrogens with two attached hydrogens (primary N) is 1. The van der Waals surface area contributed by atoms with E-state index in [1.165, 1.54) is 4.90 Å². The lowest BCUT2D eigenvalue weighted by Gasteiger charge is -2.32. The Balaban J connectivity index is 0.00000169. The van der Waals surface area contributed by atoms with E-state index in [4.69, 9.17) is 5.73 Å². The van der Waals surface area contributed by atoms with Crippen LogP contribution >= 0.6 is 24.8 Å². The molecule has 1 heterocycles. The van der Waals surface area contributed by atoms with Gasteiger partial charge >= 0.3 is 6.18 Å². The Hall–Kier alpha value is -1.02. The second-order valence-corrected chi connectivity index (χ2v) is 6.77. The summed E-state index contributed by atoms with van der Waals surface area (Å²) >= 11 is 0. The number of hydrogen-bond acceptors (Lipinski definition) is 3. The molecule has 3 N–H and O–H groups in total. The molecule has 1 saturated heterocycles. The molecule has 2 aliphatic rings. The number of amides is 1. The molecule has 0 bridgehead atoms. The summed E-state index contributed by atoms with van der Waals surface area (Å²) in [6, 6.07) is 7.55. The molecule has 0 spiro atoms. The van der Waals surface area contributed by atoms with E-state index in [1.807, 2.05) is 18.2 Å².